The third-order valence-electron chi connectivity index (χ3n) is 3.66. The molecule has 4 rings (SSSR count). The minimum atomic E-state index is 0.791. The average molecular weight is 301 g/mol. The number of aryl methyl sites for hydroxylation is 1. The van der Waals surface area contributed by atoms with Gasteiger partial charge in [0.25, 0.3) is 0 Å². The lowest BCUT2D eigenvalue weighted by Gasteiger charge is -2.06. The first-order valence-corrected chi connectivity index (χ1v) is 7.38. The van der Waals surface area contributed by atoms with Crippen LogP contribution in [0.25, 0.3) is 22.3 Å². The number of para-hydroxylation sites is 1. The highest BCUT2D eigenvalue weighted by Gasteiger charge is 2.08. The lowest BCUT2D eigenvalue weighted by Crippen LogP contribution is -2.00. The van der Waals surface area contributed by atoms with Crippen molar-refractivity contribution in [1.29, 1.82) is 0 Å². The van der Waals surface area contributed by atoms with E-state index in [2.05, 4.69) is 32.5 Å². The van der Waals surface area contributed by atoms with E-state index in [0.29, 0.717) is 0 Å². The van der Waals surface area contributed by atoms with Gasteiger partial charge in [0.2, 0.25) is 0 Å². The molecule has 0 bridgehead atoms. The fraction of sp³-hybridized carbons (Fsp3) is 0.0556. The van der Waals surface area contributed by atoms with Gasteiger partial charge >= 0.3 is 0 Å². The molecule has 1 N–H and O–H groups in total. The maximum atomic E-state index is 4.63. The zero-order valence-corrected chi connectivity index (χ0v) is 12.6. The molecule has 0 saturated carbocycles. The zero-order chi connectivity index (χ0) is 15.6. The molecule has 0 saturated heterocycles. The summed E-state index contributed by atoms with van der Waals surface area (Å²) in [5.41, 5.74) is 2.64. The van der Waals surface area contributed by atoms with E-state index >= 15 is 0 Å². The Morgan fingerprint density at radius 3 is 2.65 bits per heavy atom. The quantitative estimate of drug-likeness (QED) is 0.626. The first-order chi connectivity index (χ1) is 11.3. The molecule has 3 aromatic heterocycles. The summed E-state index contributed by atoms with van der Waals surface area (Å²) in [7, 11) is 1.90. The predicted octanol–water partition coefficient (Wildman–Crippen LogP) is 3.77. The summed E-state index contributed by atoms with van der Waals surface area (Å²) < 4.78 is 1.79. The Bertz CT molecular complexity index is 959. The largest absolute Gasteiger partial charge is 0.325 e. The molecule has 0 spiro atoms. The highest BCUT2D eigenvalue weighted by molar-refractivity contribution is 5.80. The van der Waals surface area contributed by atoms with Crippen molar-refractivity contribution >= 4 is 22.5 Å². The molecule has 0 radical (unpaired) electrons. The van der Waals surface area contributed by atoms with Crippen molar-refractivity contribution < 1.29 is 0 Å². The molecule has 5 heteroatoms. The van der Waals surface area contributed by atoms with Crippen LogP contribution in [0.15, 0.2) is 66.9 Å². The van der Waals surface area contributed by atoms with E-state index in [0.717, 1.165) is 33.9 Å². The third-order valence-corrected chi connectivity index (χ3v) is 3.66. The van der Waals surface area contributed by atoms with Gasteiger partial charge in [0.1, 0.15) is 17.3 Å². The molecule has 1 aromatic carbocycles. The van der Waals surface area contributed by atoms with Gasteiger partial charge < -0.3 is 5.32 Å². The number of nitrogens with zero attached hydrogens (tertiary/aromatic N) is 4. The third kappa shape index (κ3) is 2.64. The van der Waals surface area contributed by atoms with Crippen LogP contribution in [0.1, 0.15) is 0 Å². The van der Waals surface area contributed by atoms with Gasteiger partial charge in [-0.1, -0.05) is 24.3 Å². The molecule has 23 heavy (non-hydrogen) atoms. The second kappa shape index (κ2) is 5.53. The minimum absolute atomic E-state index is 0.791. The average Bonchev–Trinajstić information content (AvgIpc) is 2.96. The van der Waals surface area contributed by atoms with Crippen molar-refractivity contribution in [3.05, 3.63) is 66.9 Å². The van der Waals surface area contributed by atoms with Gasteiger partial charge in [-0.25, -0.2) is 4.98 Å². The lowest BCUT2D eigenvalue weighted by molar-refractivity contribution is 0.778. The smallest absolute Gasteiger partial charge is 0.132 e. The van der Waals surface area contributed by atoms with Crippen molar-refractivity contribution in [3.8, 4) is 11.4 Å². The van der Waals surface area contributed by atoms with Gasteiger partial charge in [-0.15, -0.1) is 0 Å². The molecule has 0 atom stereocenters. The molecule has 3 heterocycles. The Morgan fingerprint density at radius 1 is 0.913 bits per heavy atom. The molecule has 0 aliphatic carbocycles. The van der Waals surface area contributed by atoms with E-state index in [-0.39, 0.29) is 0 Å². The molecule has 112 valence electrons. The molecular formula is C18H15N5. The van der Waals surface area contributed by atoms with Crippen molar-refractivity contribution in [2.45, 2.75) is 0 Å². The minimum Gasteiger partial charge on any atom is -0.325 e. The number of hydrogen-bond donors (Lipinski definition) is 1. The standard InChI is InChI=1S/C18H15N5/c1-23-18(12-16(22-23)15-8-4-5-11-19-15)21-17-10-9-13-6-2-3-7-14(13)20-17/h2-12H,1H3,(H,20,21). The fourth-order valence-electron chi connectivity index (χ4n) is 2.49. The Morgan fingerprint density at radius 2 is 1.78 bits per heavy atom. The lowest BCUT2D eigenvalue weighted by atomic mass is 10.2. The van der Waals surface area contributed by atoms with Gasteiger partial charge in [0.05, 0.1) is 11.2 Å². The summed E-state index contributed by atoms with van der Waals surface area (Å²) in [5.74, 6) is 1.66. The van der Waals surface area contributed by atoms with E-state index in [1.54, 1.807) is 10.9 Å². The van der Waals surface area contributed by atoms with Crippen LogP contribution in [0.3, 0.4) is 0 Å². The van der Waals surface area contributed by atoms with Gasteiger partial charge in [-0.05, 0) is 30.3 Å². The van der Waals surface area contributed by atoms with Gasteiger partial charge in [-0.3, -0.25) is 9.67 Å². The monoisotopic (exact) mass is 301 g/mol. The molecule has 0 fully saturated rings. The number of aromatic nitrogens is 4. The van der Waals surface area contributed by atoms with E-state index < -0.39 is 0 Å². The Kier molecular flexibility index (Phi) is 3.24. The molecule has 4 aromatic rings. The summed E-state index contributed by atoms with van der Waals surface area (Å²) >= 11 is 0. The van der Waals surface area contributed by atoms with Gasteiger partial charge in [-0.2, -0.15) is 5.10 Å². The first-order valence-electron chi connectivity index (χ1n) is 7.38. The molecule has 0 amide bonds. The van der Waals surface area contributed by atoms with Crippen molar-refractivity contribution in [1.82, 2.24) is 19.7 Å². The van der Waals surface area contributed by atoms with Gasteiger partial charge in [0, 0.05) is 24.7 Å². The number of nitrogens with one attached hydrogen (secondary N) is 1. The number of anilines is 2. The Labute approximate surface area is 133 Å². The summed E-state index contributed by atoms with van der Waals surface area (Å²) in [6.07, 6.45) is 1.77. The van der Waals surface area contributed by atoms with E-state index in [9.17, 15) is 0 Å². The van der Waals surface area contributed by atoms with Gasteiger partial charge in [0.15, 0.2) is 0 Å². The summed E-state index contributed by atoms with van der Waals surface area (Å²) in [6, 6.07) is 19.8. The summed E-state index contributed by atoms with van der Waals surface area (Å²) in [5, 5.41) is 8.94. The SMILES string of the molecule is Cn1nc(-c2ccccn2)cc1Nc1ccc2ccccc2n1. The van der Waals surface area contributed by atoms with Crippen LogP contribution in [0.5, 0.6) is 0 Å². The number of rotatable bonds is 3. The molecule has 5 nitrogen and oxygen atoms in total. The van der Waals surface area contributed by atoms with Crippen LogP contribution in [0, 0.1) is 0 Å². The summed E-state index contributed by atoms with van der Waals surface area (Å²) in [4.78, 5) is 8.96. The number of hydrogen-bond acceptors (Lipinski definition) is 4. The van der Waals surface area contributed by atoms with Crippen LogP contribution < -0.4 is 5.32 Å². The predicted molar refractivity (Wildman–Crippen MR) is 91.5 cm³/mol. The Balaban J connectivity index is 1.66. The number of fused-ring (bicyclic) bond motifs is 1. The van der Waals surface area contributed by atoms with Crippen molar-refractivity contribution in [2.24, 2.45) is 7.05 Å². The second-order valence-corrected chi connectivity index (χ2v) is 5.27. The zero-order valence-electron chi connectivity index (χ0n) is 12.6. The van der Waals surface area contributed by atoms with Crippen molar-refractivity contribution in [2.75, 3.05) is 5.32 Å². The number of pyridine rings is 2. The normalized spacial score (nSPS) is 10.8. The second-order valence-electron chi connectivity index (χ2n) is 5.27. The fourth-order valence-corrected chi connectivity index (χ4v) is 2.49. The molecule has 0 aliphatic rings. The van der Waals surface area contributed by atoms with E-state index in [1.165, 1.54) is 0 Å². The first kappa shape index (κ1) is 13.5. The van der Waals surface area contributed by atoms with Crippen LogP contribution >= 0.6 is 0 Å². The van der Waals surface area contributed by atoms with E-state index in [1.807, 2.05) is 55.6 Å². The van der Waals surface area contributed by atoms with Crippen LogP contribution in [-0.4, -0.2) is 19.7 Å². The summed E-state index contributed by atoms with van der Waals surface area (Å²) in [6.45, 7) is 0. The van der Waals surface area contributed by atoms with E-state index in [4.69, 9.17) is 0 Å². The molecule has 0 unspecified atom stereocenters. The molecular weight excluding hydrogens is 286 g/mol. The topological polar surface area (TPSA) is 55.6 Å². The Hall–Kier alpha value is -3.21. The maximum Gasteiger partial charge on any atom is 0.132 e. The number of benzene rings is 1. The van der Waals surface area contributed by atoms with Crippen LogP contribution in [0.2, 0.25) is 0 Å². The highest BCUT2D eigenvalue weighted by atomic mass is 15.3. The molecule has 0 aliphatic heterocycles. The van der Waals surface area contributed by atoms with Crippen molar-refractivity contribution in [3.63, 3.8) is 0 Å². The van der Waals surface area contributed by atoms with Crippen LogP contribution in [0.4, 0.5) is 11.6 Å². The maximum absolute atomic E-state index is 4.63. The highest BCUT2D eigenvalue weighted by Crippen LogP contribution is 2.22. The van der Waals surface area contributed by atoms with Crippen LogP contribution in [-0.2, 0) is 7.05 Å².